The number of nitrogens with one attached hydrogen (secondary N) is 2. The summed E-state index contributed by atoms with van der Waals surface area (Å²) in [6.07, 6.45) is 1.32. The van der Waals surface area contributed by atoms with Gasteiger partial charge in [-0.25, -0.2) is 14.4 Å². The van der Waals surface area contributed by atoms with E-state index < -0.39 is 11.7 Å². The number of nitrogens with zero attached hydrogens (tertiary/aromatic N) is 2. The standard InChI is InChI=1S/C19H17FN4O/c1-13-4-2-5-14(8-13)11-21-18-10-17(22-12-23-18)19(25)24-16-7-3-6-15(20)9-16/h2-10,12H,11H2,1H3,(H,24,25)(H,21,22,23). The molecule has 0 atom stereocenters. The highest BCUT2D eigenvalue weighted by Gasteiger charge is 2.09. The molecule has 0 radical (unpaired) electrons. The van der Waals surface area contributed by atoms with Crippen LogP contribution >= 0.6 is 0 Å². The van der Waals surface area contributed by atoms with E-state index in [0.29, 0.717) is 18.1 Å². The molecular formula is C19H17FN4O. The first-order chi connectivity index (χ1) is 12.1. The first-order valence-corrected chi connectivity index (χ1v) is 7.78. The zero-order valence-corrected chi connectivity index (χ0v) is 13.7. The molecule has 0 aliphatic heterocycles. The van der Waals surface area contributed by atoms with E-state index in [1.807, 2.05) is 25.1 Å². The van der Waals surface area contributed by atoms with Crippen molar-refractivity contribution in [1.29, 1.82) is 0 Å². The zero-order chi connectivity index (χ0) is 17.6. The predicted molar refractivity (Wildman–Crippen MR) is 94.9 cm³/mol. The maximum Gasteiger partial charge on any atom is 0.274 e. The number of hydrogen-bond acceptors (Lipinski definition) is 4. The Morgan fingerprint density at radius 3 is 2.72 bits per heavy atom. The second kappa shape index (κ2) is 7.53. The quantitative estimate of drug-likeness (QED) is 0.744. The van der Waals surface area contributed by atoms with Crippen molar-refractivity contribution in [2.75, 3.05) is 10.6 Å². The van der Waals surface area contributed by atoms with E-state index in [4.69, 9.17) is 0 Å². The molecular weight excluding hydrogens is 319 g/mol. The fourth-order valence-corrected chi connectivity index (χ4v) is 2.35. The molecule has 2 N–H and O–H groups in total. The minimum atomic E-state index is -0.424. The Bertz CT molecular complexity index is 898. The van der Waals surface area contributed by atoms with Crippen LogP contribution in [0.25, 0.3) is 0 Å². The smallest absolute Gasteiger partial charge is 0.274 e. The molecule has 0 saturated carbocycles. The summed E-state index contributed by atoms with van der Waals surface area (Å²) in [5, 5.41) is 5.78. The third-order valence-electron chi connectivity index (χ3n) is 3.54. The minimum Gasteiger partial charge on any atom is -0.366 e. The Hall–Kier alpha value is -3.28. The summed E-state index contributed by atoms with van der Waals surface area (Å²) >= 11 is 0. The SMILES string of the molecule is Cc1cccc(CNc2cc(C(=O)Nc3cccc(F)c3)ncn2)c1. The van der Waals surface area contributed by atoms with Crippen molar-refractivity contribution < 1.29 is 9.18 Å². The van der Waals surface area contributed by atoms with Gasteiger partial charge in [0.15, 0.2) is 0 Å². The number of anilines is 2. The van der Waals surface area contributed by atoms with Crippen molar-refractivity contribution in [3.05, 3.63) is 83.6 Å². The summed E-state index contributed by atoms with van der Waals surface area (Å²) in [5.74, 6) is -0.298. The van der Waals surface area contributed by atoms with Crippen LogP contribution in [0.1, 0.15) is 21.6 Å². The van der Waals surface area contributed by atoms with E-state index >= 15 is 0 Å². The normalized spacial score (nSPS) is 10.3. The van der Waals surface area contributed by atoms with Crippen molar-refractivity contribution in [2.24, 2.45) is 0 Å². The van der Waals surface area contributed by atoms with Crippen LogP contribution in [0.2, 0.25) is 0 Å². The maximum absolute atomic E-state index is 13.2. The van der Waals surface area contributed by atoms with Crippen molar-refractivity contribution in [3.8, 4) is 0 Å². The fraction of sp³-hybridized carbons (Fsp3) is 0.105. The minimum absolute atomic E-state index is 0.200. The number of benzene rings is 2. The van der Waals surface area contributed by atoms with Gasteiger partial charge in [-0.15, -0.1) is 0 Å². The van der Waals surface area contributed by atoms with Crippen molar-refractivity contribution in [1.82, 2.24) is 9.97 Å². The highest BCUT2D eigenvalue weighted by atomic mass is 19.1. The number of hydrogen-bond donors (Lipinski definition) is 2. The largest absolute Gasteiger partial charge is 0.366 e. The average Bonchev–Trinajstić information content (AvgIpc) is 2.60. The third-order valence-corrected chi connectivity index (χ3v) is 3.54. The van der Waals surface area contributed by atoms with Crippen LogP contribution in [-0.4, -0.2) is 15.9 Å². The lowest BCUT2D eigenvalue weighted by atomic mass is 10.1. The summed E-state index contributed by atoms with van der Waals surface area (Å²) in [7, 11) is 0. The van der Waals surface area contributed by atoms with Crippen LogP contribution in [0, 0.1) is 12.7 Å². The first kappa shape index (κ1) is 16.6. The number of amides is 1. The van der Waals surface area contributed by atoms with Gasteiger partial charge in [-0.1, -0.05) is 35.9 Å². The van der Waals surface area contributed by atoms with Gasteiger partial charge in [0.2, 0.25) is 0 Å². The molecule has 0 saturated heterocycles. The second-order valence-electron chi connectivity index (χ2n) is 5.60. The monoisotopic (exact) mass is 336 g/mol. The van der Waals surface area contributed by atoms with Gasteiger partial charge in [-0.2, -0.15) is 0 Å². The lowest BCUT2D eigenvalue weighted by Crippen LogP contribution is -2.14. The molecule has 3 rings (SSSR count). The summed E-state index contributed by atoms with van der Waals surface area (Å²) < 4.78 is 13.2. The molecule has 0 unspecified atom stereocenters. The van der Waals surface area contributed by atoms with E-state index in [-0.39, 0.29) is 5.69 Å². The van der Waals surface area contributed by atoms with Gasteiger partial charge in [-0.3, -0.25) is 4.79 Å². The Morgan fingerprint density at radius 2 is 1.92 bits per heavy atom. The Morgan fingerprint density at radius 1 is 1.08 bits per heavy atom. The Labute approximate surface area is 145 Å². The van der Waals surface area contributed by atoms with Crippen molar-refractivity contribution in [3.63, 3.8) is 0 Å². The number of carbonyl (C=O) groups excluding carboxylic acids is 1. The maximum atomic E-state index is 13.2. The Balaban J connectivity index is 1.67. The molecule has 3 aromatic rings. The van der Waals surface area contributed by atoms with Crippen LogP contribution in [0.15, 0.2) is 60.9 Å². The number of carbonyl (C=O) groups is 1. The average molecular weight is 336 g/mol. The highest BCUT2D eigenvalue weighted by Crippen LogP contribution is 2.12. The van der Waals surface area contributed by atoms with Crippen molar-refractivity contribution >= 4 is 17.4 Å². The van der Waals surface area contributed by atoms with Gasteiger partial charge in [0.05, 0.1) is 0 Å². The highest BCUT2D eigenvalue weighted by molar-refractivity contribution is 6.03. The molecule has 2 aromatic carbocycles. The molecule has 25 heavy (non-hydrogen) atoms. The molecule has 0 spiro atoms. The molecule has 0 aliphatic carbocycles. The number of rotatable bonds is 5. The molecule has 126 valence electrons. The van der Waals surface area contributed by atoms with Crippen molar-refractivity contribution in [2.45, 2.75) is 13.5 Å². The molecule has 0 fully saturated rings. The second-order valence-corrected chi connectivity index (χ2v) is 5.60. The van der Waals surface area contributed by atoms with Crippen LogP contribution in [0.4, 0.5) is 15.9 Å². The van der Waals surface area contributed by atoms with Crippen LogP contribution in [0.5, 0.6) is 0 Å². The molecule has 6 heteroatoms. The number of aryl methyl sites for hydroxylation is 1. The third kappa shape index (κ3) is 4.60. The van der Waals surface area contributed by atoms with Crippen LogP contribution in [-0.2, 0) is 6.54 Å². The van der Waals surface area contributed by atoms with Gasteiger partial charge in [-0.05, 0) is 30.7 Å². The van der Waals surface area contributed by atoms with Gasteiger partial charge in [0.25, 0.3) is 5.91 Å². The topological polar surface area (TPSA) is 66.9 Å². The lowest BCUT2D eigenvalue weighted by molar-refractivity contribution is 0.102. The molecule has 1 aromatic heterocycles. The first-order valence-electron chi connectivity index (χ1n) is 7.78. The summed E-state index contributed by atoms with van der Waals surface area (Å²) in [5.41, 5.74) is 2.87. The van der Waals surface area contributed by atoms with Gasteiger partial charge in [0.1, 0.15) is 23.7 Å². The number of aromatic nitrogens is 2. The summed E-state index contributed by atoms with van der Waals surface area (Å²) in [4.78, 5) is 20.3. The van der Waals surface area contributed by atoms with E-state index in [9.17, 15) is 9.18 Å². The van der Waals surface area contributed by atoms with Gasteiger partial charge < -0.3 is 10.6 Å². The van der Waals surface area contributed by atoms with E-state index in [1.54, 1.807) is 12.1 Å². The zero-order valence-electron chi connectivity index (χ0n) is 13.7. The van der Waals surface area contributed by atoms with Gasteiger partial charge >= 0.3 is 0 Å². The van der Waals surface area contributed by atoms with Gasteiger partial charge in [0, 0.05) is 18.3 Å². The molecule has 1 amide bonds. The molecule has 0 aliphatic rings. The van der Waals surface area contributed by atoms with E-state index in [1.165, 1.54) is 30.1 Å². The predicted octanol–water partition coefficient (Wildman–Crippen LogP) is 3.79. The fourth-order valence-electron chi connectivity index (χ4n) is 2.35. The molecule has 1 heterocycles. The lowest BCUT2D eigenvalue weighted by Gasteiger charge is -2.08. The Kier molecular flexibility index (Phi) is 4.99. The summed E-state index contributed by atoms with van der Waals surface area (Å²) in [6, 6.07) is 15.4. The summed E-state index contributed by atoms with van der Waals surface area (Å²) in [6.45, 7) is 2.62. The van der Waals surface area contributed by atoms with E-state index in [0.717, 1.165) is 5.56 Å². The molecule has 5 nitrogen and oxygen atoms in total. The van der Waals surface area contributed by atoms with Crippen LogP contribution < -0.4 is 10.6 Å². The van der Waals surface area contributed by atoms with Crippen LogP contribution in [0.3, 0.4) is 0 Å². The van der Waals surface area contributed by atoms with E-state index in [2.05, 4.69) is 26.7 Å². The number of halogens is 1. The molecule has 0 bridgehead atoms.